The molecule has 0 aliphatic heterocycles. The quantitative estimate of drug-likeness (QED) is 0.705. The highest BCUT2D eigenvalue weighted by Gasteiger charge is 2.20. The minimum atomic E-state index is 0.0420. The van der Waals surface area contributed by atoms with Crippen molar-refractivity contribution in [1.29, 1.82) is 0 Å². The van der Waals surface area contributed by atoms with Crippen LogP contribution in [0.15, 0.2) is 18.2 Å². The van der Waals surface area contributed by atoms with E-state index in [-0.39, 0.29) is 5.54 Å². The maximum Gasteiger partial charge on any atom is 0.0888 e. The minimum absolute atomic E-state index is 0.0420. The molecule has 20 heavy (non-hydrogen) atoms. The van der Waals surface area contributed by atoms with E-state index >= 15 is 0 Å². The standard InChI is InChI=1S/C16H29N3O/c1-6-10-17-11-14-8-7-9-15(18-14)12-20-13-16(2,3)19(4)5/h7-9,17H,6,10-13H2,1-5H3. The first-order valence-electron chi connectivity index (χ1n) is 7.36. The maximum absolute atomic E-state index is 5.80. The number of rotatable bonds is 9. The first-order chi connectivity index (χ1) is 9.45. The molecule has 4 nitrogen and oxygen atoms in total. The number of ether oxygens (including phenoxy) is 1. The van der Waals surface area contributed by atoms with E-state index in [1.807, 2.05) is 12.1 Å². The Balaban J connectivity index is 2.42. The molecule has 1 heterocycles. The van der Waals surface area contributed by atoms with Gasteiger partial charge in [-0.3, -0.25) is 4.98 Å². The van der Waals surface area contributed by atoms with E-state index in [2.05, 4.69) is 56.1 Å². The van der Waals surface area contributed by atoms with Crippen molar-refractivity contribution in [3.05, 3.63) is 29.6 Å². The van der Waals surface area contributed by atoms with Crippen molar-refractivity contribution in [3.63, 3.8) is 0 Å². The lowest BCUT2D eigenvalue weighted by molar-refractivity contribution is 0.0261. The van der Waals surface area contributed by atoms with Gasteiger partial charge in [-0.2, -0.15) is 0 Å². The molecule has 0 saturated heterocycles. The van der Waals surface area contributed by atoms with Gasteiger partial charge in [0, 0.05) is 12.1 Å². The fourth-order valence-corrected chi connectivity index (χ4v) is 1.64. The van der Waals surface area contributed by atoms with E-state index in [1.165, 1.54) is 0 Å². The van der Waals surface area contributed by atoms with Crippen LogP contribution in [0.1, 0.15) is 38.6 Å². The number of hydrogen-bond donors (Lipinski definition) is 1. The van der Waals surface area contributed by atoms with Crippen LogP contribution in [0, 0.1) is 0 Å². The second kappa shape index (κ2) is 8.35. The lowest BCUT2D eigenvalue weighted by atomic mass is 10.1. The summed E-state index contributed by atoms with van der Waals surface area (Å²) in [5.41, 5.74) is 2.11. The predicted molar refractivity (Wildman–Crippen MR) is 83.7 cm³/mol. The molecular formula is C16H29N3O. The third kappa shape index (κ3) is 5.99. The van der Waals surface area contributed by atoms with Gasteiger partial charge >= 0.3 is 0 Å². The lowest BCUT2D eigenvalue weighted by Crippen LogP contribution is -2.42. The summed E-state index contributed by atoms with van der Waals surface area (Å²) in [5, 5.41) is 3.36. The molecule has 1 aromatic rings. The first-order valence-corrected chi connectivity index (χ1v) is 7.36. The molecule has 0 spiro atoms. The van der Waals surface area contributed by atoms with Gasteiger partial charge in [0.25, 0.3) is 0 Å². The Kier molecular flexibility index (Phi) is 7.13. The average Bonchev–Trinajstić information content (AvgIpc) is 2.39. The second-order valence-corrected chi connectivity index (χ2v) is 6.00. The zero-order chi connectivity index (χ0) is 15.0. The van der Waals surface area contributed by atoms with Crippen LogP contribution in [0.25, 0.3) is 0 Å². The molecule has 114 valence electrons. The molecule has 1 N–H and O–H groups in total. The highest BCUT2D eigenvalue weighted by atomic mass is 16.5. The molecule has 0 amide bonds. The fraction of sp³-hybridized carbons (Fsp3) is 0.688. The normalized spacial score (nSPS) is 12.1. The molecule has 1 aromatic heterocycles. The molecule has 0 radical (unpaired) electrons. The van der Waals surface area contributed by atoms with Crippen molar-refractivity contribution in [2.24, 2.45) is 0 Å². The van der Waals surface area contributed by atoms with Crippen molar-refractivity contribution in [3.8, 4) is 0 Å². The predicted octanol–water partition coefficient (Wildman–Crippen LogP) is 2.44. The first kappa shape index (κ1) is 17.1. The SMILES string of the molecule is CCCNCc1cccc(COCC(C)(C)N(C)C)n1. The summed E-state index contributed by atoms with van der Waals surface area (Å²) in [6.07, 6.45) is 1.14. The van der Waals surface area contributed by atoms with Crippen molar-refractivity contribution in [1.82, 2.24) is 15.2 Å². The van der Waals surface area contributed by atoms with Gasteiger partial charge in [-0.1, -0.05) is 13.0 Å². The number of likely N-dealkylation sites (N-methyl/N-ethyl adjacent to an activating group) is 1. The highest BCUT2D eigenvalue weighted by Crippen LogP contribution is 2.11. The van der Waals surface area contributed by atoms with Crippen LogP contribution in [0.4, 0.5) is 0 Å². The molecule has 0 atom stereocenters. The van der Waals surface area contributed by atoms with E-state index in [0.29, 0.717) is 13.2 Å². The molecule has 0 fully saturated rings. The van der Waals surface area contributed by atoms with Gasteiger partial charge in [0.2, 0.25) is 0 Å². The second-order valence-electron chi connectivity index (χ2n) is 6.00. The Labute approximate surface area is 123 Å². The summed E-state index contributed by atoms with van der Waals surface area (Å²) in [5.74, 6) is 0. The smallest absolute Gasteiger partial charge is 0.0888 e. The Morgan fingerprint density at radius 1 is 1.25 bits per heavy atom. The summed E-state index contributed by atoms with van der Waals surface area (Å²) < 4.78 is 5.80. The van der Waals surface area contributed by atoms with E-state index < -0.39 is 0 Å². The van der Waals surface area contributed by atoms with Gasteiger partial charge < -0.3 is 15.0 Å². The molecule has 0 bridgehead atoms. The van der Waals surface area contributed by atoms with Crippen molar-refractivity contribution in [2.75, 3.05) is 27.2 Å². The number of nitrogens with zero attached hydrogens (tertiary/aromatic N) is 2. The molecule has 0 aliphatic carbocycles. The topological polar surface area (TPSA) is 37.4 Å². The van der Waals surface area contributed by atoms with Crippen molar-refractivity contribution < 1.29 is 4.74 Å². The minimum Gasteiger partial charge on any atom is -0.373 e. The molecule has 1 rings (SSSR count). The van der Waals surface area contributed by atoms with Crippen LogP contribution in [0.2, 0.25) is 0 Å². The van der Waals surface area contributed by atoms with Crippen molar-refractivity contribution in [2.45, 2.75) is 45.9 Å². The van der Waals surface area contributed by atoms with E-state index in [4.69, 9.17) is 4.74 Å². The Morgan fingerprint density at radius 3 is 2.60 bits per heavy atom. The van der Waals surface area contributed by atoms with E-state index in [9.17, 15) is 0 Å². The molecular weight excluding hydrogens is 250 g/mol. The lowest BCUT2D eigenvalue weighted by Gasteiger charge is -2.32. The van der Waals surface area contributed by atoms with Gasteiger partial charge in [-0.05, 0) is 53.0 Å². The number of hydrogen-bond acceptors (Lipinski definition) is 4. The monoisotopic (exact) mass is 279 g/mol. The van der Waals surface area contributed by atoms with Crippen LogP contribution in [-0.4, -0.2) is 42.7 Å². The molecule has 0 unspecified atom stereocenters. The molecule has 0 saturated carbocycles. The number of pyridine rings is 1. The van der Waals surface area contributed by atoms with Crippen LogP contribution in [-0.2, 0) is 17.9 Å². The van der Waals surface area contributed by atoms with Crippen LogP contribution in [0.5, 0.6) is 0 Å². The Bertz CT molecular complexity index is 391. The maximum atomic E-state index is 5.80. The number of aromatic nitrogens is 1. The zero-order valence-corrected chi connectivity index (χ0v) is 13.6. The van der Waals surface area contributed by atoms with Crippen LogP contribution in [0.3, 0.4) is 0 Å². The Hall–Kier alpha value is -0.970. The van der Waals surface area contributed by atoms with Gasteiger partial charge in [-0.15, -0.1) is 0 Å². The van der Waals surface area contributed by atoms with Gasteiger partial charge in [0.05, 0.1) is 24.6 Å². The summed E-state index contributed by atoms with van der Waals surface area (Å²) >= 11 is 0. The van der Waals surface area contributed by atoms with Crippen LogP contribution < -0.4 is 5.32 Å². The number of nitrogens with one attached hydrogen (secondary N) is 1. The highest BCUT2D eigenvalue weighted by molar-refractivity contribution is 5.10. The molecule has 4 heteroatoms. The summed E-state index contributed by atoms with van der Waals surface area (Å²) in [6.45, 7) is 9.62. The van der Waals surface area contributed by atoms with Crippen molar-refractivity contribution >= 4 is 0 Å². The van der Waals surface area contributed by atoms with Gasteiger partial charge in [0.1, 0.15) is 0 Å². The fourth-order valence-electron chi connectivity index (χ4n) is 1.64. The van der Waals surface area contributed by atoms with Crippen LogP contribution >= 0.6 is 0 Å². The summed E-state index contributed by atoms with van der Waals surface area (Å²) in [7, 11) is 4.14. The van der Waals surface area contributed by atoms with E-state index in [1.54, 1.807) is 0 Å². The van der Waals surface area contributed by atoms with Gasteiger partial charge in [-0.25, -0.2) is 0 Å². The van der Waals surface area contributed by atoms with E-state index in [0.717, 1.165) is 30.9 Å². The zero-order valence-electron chi connectivity index (χ0n) is 13.6. The average molecular weight is 279 g/mol. The molecule has 0 aliphatic rings. The largest absolute Gasteiger partial charge is 0.373 e. The summed E-state index contributed by atoms with van der Waals surface area (Å²) in [6, 6.07) is 6.12. The third-order valence-corrected chi connectivity index (χ3v) is 3.51. The molecule has 0 aromatic carbocycles. The summed E-state index contributed by atoms with van der Waals surface area (Å²) in [4.78, 5) is 6.78. The Morgan fingerprint density at radius 2 is 1.95 bits per heavy atom. The van der Waals surface area contributed by atoms with Gasteiger partial charge in [0.15, 0.2) is 0 Å². The third-order valence-electron chi connectivity index (χ3n) is 3.51.